The van der Waals surface area contributed by atoms with E-state index in [2.05, 4.69) is 5.32 Å². The second kappa shape index (κ2) is 9.40. The average molecular weight is 459 g/mol. The van der Waals surface area contributed by atoms with E-state index >= 15 is 0 Å². The van der Waals surface area contributed by atoms with E-state index in [1.54, 1.807) is 26.0 Å². The normalized spacial score (nSPS) is 17.0. The molecule has 1 unspecified atom stereocenters. The summed E-state index contributed by atoms with van der Waals surface area (Å²) in [4.78, 5) is 26.7. The molecule has 32 heavy (non-hydrogen) atoms. The topological polar surface area (TPSA) is 113 Å². The van der Waals surface area contributed by atoms with Crippen LogP contribution >= 0.6 is 0 Å². The van der Waals surface area contributed by atoms with Crippen LogP contribution < -0.4 is 11.1 Å². The second-order valence-electron chi connectivity index (χ2n) is 8.39. The summed E-state index contributed by atoms with van der Waals surface area (Å²) < 4.78 is 26.5. The summed E-state index contributed by atoms with van der Waals surface area (Å²) in [5.41, 5.74) is 8.66. The van der Waals surface area contributed by atoms with Gasteiger partial charge in [0, 0.05) is 31.9 Å². The Morgan fingerprint density at radius 1 is 1.19 bits per heavy atom. The highest BCUT2D eigenvalue weighted by Crippen LogP contribution is 2.25. The highest BCUT2D eigenvalue weighted by Gasteiger charge is 2.29. The number of carbonyl (C=O) groups excluding carboxylic acids is 2. The lowest BCUT2D eigenvalue weighted by Crippen LogP contribution is -2.39. The molecule has 0 radical (unpaired) electrons. The van der Waals surface area contributed by atoms with Gasteiger partial charge in [0.2, 0.25) is 15.9 Å². The summed E-state index contributed by atoms with van der Waals surface area (Å²) >= 11 is 0. The van der Waals surface area contributed by atoms with Crippen LogP contribution in [0.25, 0.3) is 0 Å². The number of anilines is 1. The molecule has 0 bridgehead atoms. The van der Waals surface area contributed by atoms with Crippen LogP contribution in [0.2, 0.25) is 0 Å². The summed E-state index contributed by atoms with van der Waals surface area (Å²) in [6, 6.07) is 10.2. The molecule has 1 fully saturated rings. The highest BCUT2D eigenvalue weighted by atomic mass is 32.2. The lowest BCUT2D eigenvalue weighted by atomic mass is 10.1. The molecule has 1 aliphatic heterocycles. The van der Waals surface area contributed by atoms with Crippen LogP contribution in [-0.4, -0.2) is 56.1 Å². The van der Waals surface area contributed by atoms with Crippen LogP contribution in [0.15, 0.2) is 41.3 Å². The SMILES string of the molecule is Cc1cc(C(=O)Nc2cccc(CN3CCCC3C(N)=O)c2)cc(S(=O)(=O)N(C)C)c1C. The van der Waals surface area contributed by atoms with E-state index in [0.717, 1.165) is 34.8 Å². The van der Waals surface area contributed by atoms with E-state index in [1.165, 1.54) is 20.2 Å². The number of likely N-dealkylation sites (tertiary alicyclic amines) is 1. The van der Waals surface area contributed by atoms with Gasteiger partial charge in [0.25, 0.3) is 5.91 Å². The Kier molecular flexibility index (Phi) is 7.02. The zero-order valence-corrected chi connectivity index (χ0v) is 19.7. The van der Waals surface area contributed by atoms with Crippen LogP contribution in [-0.2, 0) is 21.4 Å². The maximum atomic E-state index is 12.9. The van der Waals surface area contributed by atoms with Crippen molar-refractivity contribution in [1.82, 2.24) is 9.21 Å². The Hall–Kier alpha value is -2.75. The van der Waals surface area contributed by atoms with E-state index < -0.39 is 15.9 Å². The number of hydrogen-bond donors (Lipinski definition) is 2. The predicted octanol–water partition coefficient (Wildman–Crippen LogP) is 2.26. The van der Waals surface area contributed by atoms with E-state index in [0.29, 0.717) is 17.8 Å². The Morgan fingerprint density at radius 2 is 1.91 bits per heavy atom. The lowest BCUT2D eigenvalue weighted by molar-refractivity contribution is -0.122. The summed E-state index contributed by atoms with van der Waals surface area (Å²) in [6.45, 7) is 4.88. The molecule has 2 amide bonds. The van der Waals surface area contributed by atoms with Gasteiger partial charge in [-0.3, -0.25) is 14.5 Å². The molecular weight excluding hydrogens is 428 g/mol. The van der Waals surface area contributed by atoms with Crippen molar-refractivity contribution >= 4 is 27.5 Å². The van der Waals surface area contributed by atoms with Crippen molar-refractivity contribution < 1.29 is 18.0 Å². The van der Waals surface area contributed by atoms with E-state index in [-0.39, 0.29) is 22.4 Å². The molecule has 3 rings (SSSR count). The van der Waals surface area contributed by atoms with E-state index in [1.807, 2.05) is 23.1 Å². The number of nitrogens with one attached hydrogen (secondary N) is 1. The Morgan fingerprint density at radius 3 is 2.56 bits per heavy atom. The lowest BCUT2D eigenvalue weighted by Gasteiger charge is -2.22. The number of rotatable bonds is 7. The third-order valence-electron chi connectivity index (χ3n) is 5.90. The molecule has 0 aliphatic carbocycles. The third kappa shape index (κ3) is 5.01. The molecule has 0 aromatic heterocycles. The van der Waals surface area contributed by atoms with Crippen molar-refractivity contribution in [3.05, 3.63) is 58.7 Å². The minimum atomic E-state index is -3.68. The van der Waals surface area contributed by atoms with Gasteiger partial charge in [-0.15, -0.1) is 0 Å². The molecule has 1 heterocycles. The average Bonchev–Trinajstić information content (AvgIpc) is 3.18. The number of amides is 2. The largest absolute Gasteiger partial charge is 0.368 e. The molecule has 0 saturated carbocycles. The molecule has 1 atom stereocenters. The summed E-state index contributed by atoms with van der Waals surface area (Å²) in [7, 11) is -0.754. The molecule has 2 aromatic carbocycles. The van der Waals surface area contributed by atoms with Gasteiger partial charge in [0.15, 0.2) is 0 Å². The monoisotopic (exact) mass is 458 g/mol. The highest BCUT2D eigenvalue weighted by molar-refractivity contribution is 7.89. The summed E-state index contributed by atoms with van der Waals surface area (Å²) in [6.07, 6.45) is 1.69. The number of primary amides is 1. The van der Waals surface area contributed by atoms with Gasteiger partial charge >= 0.3 is 0 Å². The number of sulfonamides is 1. The molecule has 3 N–H and O–H groups in total. The van der Waals surface area contributed by atoms with Gasteiger partial charge in [-0.25, -0.2) is 12.7 Å². The van der Waals surface area contributed by atoms with Gasteiger partial charge in [-0.1, -0.05) is 12.1 Å². The van der Waals surface area contributed by atoms with E-state index in [4.69, 9.17) is 5.73 Å². The molecule has 1 aliphatic rings. The number of aryl methyl sites for hydroxylation is 1. The van der Waals surface area contributed by atoms with Gasteiger partial charge in [0.1, 0.15) is 0 Å². The first-order valence-corrected chi connectivity index (χ1v) is 11.9. The van der Waals surface area contributed by atoms with Gasteiger partial charge < -0.3 is 11.1 Å². The molecule has 1 saturated heterocycles. The van der Waals surface area contributed by atoms with Crippen molar-refractivity contribution in [2.24, 2.45) is 5.73 Å². The number of benzene rings is 2. The maximum Gasteiger partial charge on any atom is 0.255 e. The fourth-order valence-corrected chi connectivity index (χ4v) is 5.16. The summed E-state index contributed by atoms with van der Waals surface area (Å²) in [5.74, 6) is -0.707. The third-order valence-corrected chi connectivity index (χ3v) is 7.84. The summed E-state index contributed by atoms with van der Waals surface area (Å²) in [5, 5.41) is 2.85. The molecule has 8 nitrogen and oxygen atoms in total. The van der Waals surface area contributed by atoms with Crippen LogP contribution in [0, 0.1) is 13.8 Å². The van der Waals surface area contributed by atoms with Gasteiger partial charge in [-0.05, 0) is 74.2 Å². The zero-order chi connectivity index (χ0) is 23.6. The molecule has 9 heteroatoms. The van der Waals surface area contributed by atoms with Crippen molar-refractivity contribution in [1.29, 1.82) is 0 Å². The first kappa shape index (κ1) is 23.9. The van der Waals surface area contributed by atoms with Gasteiger partial charge in [0.05, 0.1) is 10.9 Å². The van der Waals surface area contributed by atoms with Crippen LogP contribution in [0.3, 0.4) is 0 Å². The van der Waals surface area contributed by atoms with E-state index in [9.17, 15) is 18.0 Å². The maximum absolute atomic E-state index is 12.9. The van der Waals surface area contributed by atoms with Crippen molar-refractivity contribution in [2.45, 2.75) is 44.2 Å². The molecule has 2 aromatic rings. The van der Waals surface area contributed by atoms with Gasteiger partial charge in [-0.2, -0.15) is 0 Å². The minimum absolute atomic E-state index is 0.118. The Balaban J connectivity index is 1.82. The number of nitrogens with zero attached hydrogens (tertiary/aromatic N) is 2. The van der Waals surface area contributed by atoms with Crippen molar-refractivity contribution in [3.8, 4) is 0 Å². The van der Waals surface area contributed by atoms with Crippen LogP contribution in [0.5, 0.6) is 0 Å². The first-order valence-electron chi connectivity index (χ1n) is 10.5. The van der Waals surface area contributed by atoms with Crippen molar-refractivity contribution in [3.63, 3.8) is 0 Å². The van der Waals surface area contributed by atoms with Crippen LogP contribution in [0.1, 0.15) is 39.9 Å². The standard InChI is InChI=1S/C23H30N4O4S/c1-15-11-18(13-21(16(15)2)32(30,31)26(3)4)23(29)25-19-8-5-7-17(12-19)14-27-10-6-9-20(27)22(24)28/h5,7-8,11-13,20H,6,9-10,14H2,1-4H3,(H2,24,28)(H,25,29). The first-order chi connectivity index (χ1) is 15.0. The Labute approximate surface area is 189 Å². The molecule has 0 spiro atoms. The number of hydrogen-bond acceptors (Lipinski definition) is 5. The minimum Gasteiger partial charge on any atom is -0.368 e. The molecule has 172 valence electrons. The number of nitrogens with two attached hydrogens (primary N) is 1. The van der Waals surface area contributed by atoms with Crippen LogP contribution in [0.4, 0.5) is 5.69 Å². The Bertz CT molecular complexity index is 1140. The fourth-order valence-electron chi connectivity index (χ4n) is 3.95. The molecular formula is C23H30N4O4S. The zero-order valence-electron chi connectivity index (χ0n) is 18.9. The quantitative estimate of drug-likeness (QED) is 0.661. The predicted molar refractivity (Wildman–Crippen MR) is 124 cm³/mol. The fraction of sp³-hybridized carbons (Fsp3) is 0.391. The smallest absolute Gasteiger partial charge is 0.255 e. The number of carbonyl (C=O) groups is 2. The second-order valence-corrected chi connectivity index (χ2v) is 10.5. The van der Waals surface area contributed by atoms with Crippen molar-refractivity contribution in [2.75, 3.05) is 26.0 Å².